The molecule has 1 aromatic rings. The molecule has 5 heteroatoms. The summed E-state index contributed by atoms with van der Waals surface area (Å²) in [5, 5.41) is 2.93. The van der Waals surface area contributed by atoms with Gasteiger partial charge in [0.15, 0.2) is 0 Å². The smallest absolute Gasteiger partial charge is 0.256 e. The number of rotatable bonds is 3. The summed E-state index contributed by atoms with van der Waals surface area (Å²) in [7, 11) is 0. The molecule has 0 aromatic carbocycles. The molecule has 0 saturated heterocycles. The van der Waals surface area contributed by atoms with Crippen LogP contribution in [0.15, 0.2) is 17.0 Å². The van der Waals surface area contributed by atoms with Crippen LogP contribution in [-0.4, -0.2) is 28.2 Å². The van der Waals surface area contributed by atoms with Crippen molar-refractivity contribution in [2.24, 2.45) is 0 Å². The lowest BCUT2D eigenvalue weighted by Crippen LogP contribution is -2.32. The number of nitrogens with zero attached hydrogens (tertiary/aromatic N) is 2. The molecular weight excluding hydrogens is 224 g/mol. The first-order valence-corrected chi connectivity index (χ1v) is 5.91. The van der Waals surface area contributed by atoms with Crippen LogP contribution >= 0.6 is 11.3 Å². The predicted molar refractivity (Wildman–Crippen MR) is 61.0 cm³/mol. The van der Waals surface area contributed by atoms with E-state index in [1.54, 1.807) is 18.3 Å². The van der Waals surface area contributed by atoms with Gasteiger partial charge in [-0.2, -0.15) is 0 Å². The Labute approximate surface area is 97.6 Å². The summed E-state index contributed by atoms with van der Waals surface area (Å²) in [6.45, 7) is 4.00. The largest absolute Gasteiger partial charge is 0.275 e. The van der Waals surface area contributed by atoms with E-state index in [1.165, 1.54) is 11.0 Å². The van der Waals surface area contributed by atoms with Gasteiger partial charge in [0.05, 0.1) is 5.01 Å². The molecule has 1 aromatic heterocycles. The van der Waals surface area contributed by atoms with E-state index in [2.05, 4.69) is 4.98 Å². The topological polar surface area (TPSA) is 50.3 Å². The molecular formula is C11H12N2O2S. The van der Waals surface area contributed by atoms with E-state index in [4.69, 9.17) is 0 Å². The van der Waals surface area contributed by atoms with Crippen LogP contribution < -0.4 is 0 Å². The van der Waals surface area contributed by atoms with E-state index < -0.39 is 0 Å². The Kier molecular flexibility index (Phi) is 2.87. The minimum Gasteiger partial charge on any atom is -0.275 e. The van der Waals surface area contributed by atoms with Crippen molar-refractivity contribution in [3.63, 3.8) is 0 Å². The number of amides is 2. The second-order valence-corrected chi connectivity index (χ2v) is 4.70. The first-order valence-electron chi connectivity index (χ1n) is 5.03. The highest BCUT2D eigenvalue weighted by Crippen LogP contribution is 2.14. The lowest BCUT2D eigenvalue weighted by atomic mass is 10.3. The fourth-order valence-electron chi connectivity index (χ4n) is 1.57. The van der Waals surface area contributed by atoms with Crippen molar-refractivity contribution in [3.05, 3.63) is 27.7 Å². The highest BCUT2D eigenvalue weighted by atomic mass is 32.1. The molecule has 0 radical (unpaired) electrons. The Hall–Kier alpha value is -1.49. The molecule has 0 aliphatic carbocycles. The number of carbonyl (C=O) groups is 2. The van der Waals surface area contributed by atoms with Gasteiger partial charge in [0.25, 0.3) is 11.8 Å². The van der Waals surface area contributed by atoms with Crippen molar-refractivity contribution in [2.75, 3.05) is 6.54 Å². The fraction of sp³-hybridized carbons (Fsp3) is 0.364. The minimum atomic E-state index is -0.212. The first kappa shape index (κ1) is 11.0. The van der Waals surface area contributed by atoms with Crippen LogP contribution in [0, 0.1) is 6.92 Å². The molecule has 2 rings (SSSR count). The van der Waals surface area contributed by atoms with Crippen molar-refractivity contribution in [2.45, 2.75) is 20.3 Å². The SMILES string of the molecule is CC1=CC(=O)N(CCc2nc(C)cs2)C1=O. The monoisotopic (exact) mass is 236 g/mol. The first-order chi connectivity index (χ1) is 7.58. The Morgan fingerprint density at radius 1 is 1.38 bits per heavy atom. The summed E-state index contributed by atoms with van der Waals surface area (Å²) < 4.78 is 0. The van der Waals surface area contributed by atoms with E-state index in [0.29, 0.717) is 18.5 Å². The van der Waals surface area contributed by atoms with Crippen LogP contribution in [0.25, 0.3) is 0 Å². The van der Waals surface area contributed by atoms with Gasteiger partial charge in [-0.05, 0) is 13.8 Å². The van der Waals surface area contributed by atoms with E-state index in [-0.39, 0.29) is 11.8 Å². The molecule has 16 heavy (non-hydrogen) atoms. The zero-order valence-electron chi connectivity index (χ0n) is 9.19. The Morgan fingerprint density at radius 2 is 2.12 bits per heavy atom. The standard InChI is InChI=1S/C11H12N2O2S/c1-7-5-10(14)13(11(7)15)4-3-9-12-8(2)6-16-9/h5-6H,3-4H2,1-2H3. The number of aryl methyl sites for hydroxylation is 1. The van der Waals surface area contributed by atoms with Crippen LogP contribution in [0.4, 0.5) is 0 Å². The van der Waals surface area contributed by atoms with Crippen molar-refractivity contribution in [1.29, 1.82) is 0 Å². The second kappa shape index (κ2) is 4.17. The van der Waals surface area contributed by atoms with E-state index in [1.807, 2.05) is 12.3 Å². The third-order valence-corrected chi connectivity index (χ3v) is 3.43. The maximum atomic E-state index is 11.6. The summed E-state index contributed by atoms with van der Waals surface area (Å²) in [5.74, 6) is -0.394. The number of carbonyl (C=O) groups excluding carboxylic acids is 2. The van der Waals surface area contributed by atoms with Crippen LogP contribution in [0.1, 0.15) is 17.6 Å². The zero-order valence-corrected chi connectivity index (χ0v) is 10.0. The van der Waals surface area contributed by atoms with Gasteiger partial charge >= 0.3 is 0 Å². The van der Waals surface area contributed by atoms with Gasteiger partial charge < -0.3 is 0 Å². The average molecular weight is 236 g/mol. The summed E-state index contributed by atoms with van der Waals surface area (Å²) >= 11 is 1.56. The van der Waals surface area contributed by atoms with Crippen LogP contribution in [0.3, 0.4) is 0 Å². The molecule has 0 unspecified atom stereocenters. The molecule has 0 saturated carbocycles. The van der Waals surface area contributed by atoms with Gasteiger partial charge in [-0.25, -0.2) is 4.98 Å². The van der Waals surface area contributed by atoms with Gasteiger partial charge in [-0.1, -0.05) is 0 Å². The maximum Gasteiger partial charge on any atom is 0.256 e. The second-order valence-electron chi connectivity index (χ2n) is 3.76. The molecule has 84 valence electrons. The Bertz CT molecular complexity index is 476. The number of hydrogen-bond donors (Lipinski definition) is 0. The summed E-state index contributed by atoms with van der Waals surface area (Å²) in [6, 6.07) is 0. The molecule has 0 N–H and O–H groups in total. The van der Waals surface area contributed by atoms with Crippen LogP contribution in [-0.2, 0) is 16.0 Å². The van der Waals surface area contributed by atoms with Gasteiger partial charge in [-0.15, -0.1) is 11.3 Å². The lowest BCUT2D eigenvalue weighted by Gasteiger charge is -2.12. The summed E-state index contributed by atoms with van der Waals surface area (Å²) in [4.78, 5) is 28.6. The van der Waals surface area contributed by atoms with Crippen LogP contribution in [0.2, 0.25) is 0 Å². The Morgan fingerprint density at radius 3 is 2.62 bits per heavy atom. The van der Waals surface area contributed by atoms with Crippen LogP contribution in [0.5, 0.6) is 0 Å². The van der Waals surface area contributed by atoms with Crippen molar-refractivity contribution < 1.29 is 9.59 Å². The average Bonchev–Trinajstić information content (AvgIpc) is 2.72. The summed E-state index contributed by atoms with van der Waals surface area (Å²) in [5.41, 5.74) is 1.49. The lowest BCUT2D eigenvalue weighted by molar-refractivity contribution is -0.137. The highest BCUT2D eigenvalue weighted by molar-refractivity contribution is 7.09. The molecule has 0 fully saturated rings. The third-order valence-electron chi connectivity index (χ3n) is 2.40. The Balaban J connectivity index is 1.97. The van der Waals surface area contributed by atoms with E-state index >= 15 is 0 Å². The van der Waals surface area contributed by atoms with E-state index in [0.717, 1.165) is 10.7 Å². The quantitative estimate of drug-likeness (QED) is 0.743. The van der Waals surface area contributed by atoms with Gasteiger partial charge in [-0.3, -0.25) is 14.5 Å². The molecule has 2 amide bonds. The molecule has 0 atom stereocenters. The van der Waals surface area contributed by atoms with Gasteiger partial charge in [0.2, 0.25) is 0 Å². The zero-order chi connectivity index (χ0) is 11.7. The van der Waals surface area contributed by atoms with Crippen molar-refractivity contribution in [1.82, 2.24) is 9.88 Å². The number of hydrogen-bond acceptors (Lipinski definition) is 4. The number of aromatic nitrogens is 1. The number of thiazole rings is 1. The predicted octanol–water partition coefficient (Wildman–Crippen LogP) is 1.31. The maximum absolute atomic E-state index is 11.6. The molecule has 0 spiro atoms. The summed E-state index contributed by atoms with van der Waals surface area (Å²) in [6.07, 6.45) is 2.02. The van der Waals surface area contributed by atoms with Crippen molar-refractivity contribution >= 4 is 23.2 Å². The van der Waals surface area contributed by atoms with Gasteiger partial charge in [0.1, 0.15) is 0 Å². The molecule has 1 aliphatic heterocycles. The fourth-order valence-corrected chi connectivity index (χ4v) is 2.34. The number of imide groups is 1. The molecule has 4 nitrogen and oxygen atoms in total. The normalized spacial score (nSPS) is 15.9. The highest BCUT2D eigenvalue weighted by Gasteiger charge is 2.27. The molecule has 1 aliphatic rings. The minimum absolute atomic E-state index is 0.182. The van der Waals surface area contributed by atoms with E-state index in [9.17, 15) is 9.59 Å². The molecule has 2 heterocycles. The molecule has 0 bridgehead atoms. The third kappa shape index (κ3) is 2.04. The van der Waals surface area contributed by atoms with Crippen molar-refractivity contribution in [3.8, 4) is 0 Å². The van der Waals surface area contributed by atoms with Gasteiger partial charge in [0, 0.05) is 35.7 Å².